The molecule has 0 heterocycles. The largest absolute Gasteiger partial charge is 0.327 e. The summed E-state index contributed by atoms with van der Waals surface area (Å²) in [6, 6.07) is 0. The van der Waals surface area contributed by atoms with E-state index >= 15 is 0 Å². The quantitative estimate of drug-likeness (QED) is 0.424. The minimum atomic E-state index is -0.182. The van der Waals surface area contributed by atoms with Gasteiger partial charge in [-0.1, -0.05) is 32.6 Å². The Bertz CT molecular complexity index is 76.0. The van der Waals surface area contributed by atoms with Gasteiger partial charge in [-0.05, 0) is 6.42 Å². The third-order valence-corrected chi connectivity index (χ3v) is 1.68. The highest BCUT2D eigenvalue weighted by molar-refractivity contribution is 7.17. The maximum atomic E-state index is 9.77. The molecule has 0 saturated carbocycles. The first-order valence-electron chi connectivity index (χ1n) is 3.86. The Kier molecular flexibility index (Phi) is 9.11. The van der Waals surface area contributed by atoms with Crippen LogP contribution >= 0.6 is 8.69 Å². The molecule has 10 heavy (non-hydrogen) atoms. The summed E-state index contributed by atoms with van der Waals surface area (Å²) in [5.41, 5.74) is 0. The van der Waals surface area contributed by atoms with Gasteiger partial charge in [0.2, 0.25) is 0 Å². The molecule has 0 aromatic heterocycles. The van der Waals surface area contributed by atoms with Gasteiger partial charge in [-0.25, -0.2) is 4.57 Å². The highest BCUT2D eigenvalue weighted by atomic mass is 31.1. The van der Waals surface area contributed by atoms with E-state index in [2.05, 4.69) is 11.4 Å². The van der Waals surface area contributed by atoms with Crippen molar-refractivity contribution in [1.29, 1.82) is 0 Å². The van der Waals surface area contributed by atoms with Crippen molar-refractivity contribution < 1.29 is 9.09 Å². The number of rotatable bonds is 7. The number of unbranched alkanes of at least 4 members (excludes halogenated alkanes) is 4. The van der Waals surface area contributed by atoms with Crippen LogP contribution in [0.15, 0.2) is 0 Å². The van der Waals surface area contributed by atoms with E-state index in [9.17, 15) is 4.57 Å². The van der Waals surface area contributed by atoms with Gasteiger partial charge in [0.05, 0.1) is 6.61 Å². The van der Waals surface area contributed by atoms with Crippen LogP contribution in [0, 0.1) is 0 Å². The fraction of sp³-hybridized carbons (Fsp3) is 1.00. The van der Waals surface area contributed by atoms with Crippen molar-refractivity contribution in [3.05, 3.63) is 0 Å². The molecular weight excluding hydrogens is 147 g/mol. The second-order valence-corrected chi connectivity index (χ2v) is 2.73. The van der Waals surface area contributed by atoms with Crippen molar-refractivity contribution in [3.63, 3.8) is 0 Å². The van der Waals surface area contributed by atoms with Gasteiger partial charge < -0.3 is 0 Å². The summed E-state index contributed by atoms with van der Waals surface area (Å²) in [5.74, 6) is 0. The molecule has 0 rings (SSSR count). The van der Waals surface area contributed by atoms with Gasteiger partial charge in [0.15, 0.2) is 0 Å². The highest BCUT2D eigenvalue weighted by Gasteiger charge is 1.88. The van der Waals surface area contributed by atoms with E-state index in [-0.39, 0.29) is 8.69 Å². The molecule has 2 nitrogen and oxygen atoms in total. The van der Waals surface area contributed by atoms with Crippen LogP contribution in [-0.2, 0) is 9.09 Å². The van der Waals surface area contributed by atoms with Crippen molar-refractivity contribution in [2.45, 2.75) is 39.0 Å². The summed E-state index contributed by atoms with van der Waals surface area (Å²) in [7, 11) is -0.182. The van der Waals surface area contributed by atoms with Gasteiger partial charge in [0.1, 0.15) is 0 Å². The third kappa shape index (κ3) is 8.06. The average molecular weight is 162 g/mol. The Balaban J connectivity index is 2.70. The Morgan fingerprint density at radius 1 is 1.20 bits per heavy atom. The minimum absolute atomic E-state index is 0.182. The van der Waals surface area contributed by atoms with Crippen LogP contribution in [0.25, 0.3) is 0 Å². The fourth-order valence-corrected chi connectivity index (χ4v) is 1.01. The van der Waals surface area contributed by atoms with Crippen molar-refractivity contribution in [2.75, 3.05) is 6.61 Å². The number of hydrogen-bond donors (Lipinski definition) is 0. The molecule has 3 heteroatoms. The molecule has 0 aromatic rings. The van der Waals surface area contributed by atoms with Gasteiger partial charge in [0.25, 0.3) is 0 Å². The normalized spacial score (nSPS) is 10.5. The highest BCUT2D eigenvalue weighted by Crippen LogP contribution is 2.04. The average Bonchev–Trinajstić information content (AvgIpc) is 1.97. The van der Waals surface area contributed by atoms with Gasteiger partial charge in [-0.2, -0.15) is 0 Å². The molecule has 0 aliphatic carbocycles. The summed E-state index contributed by atoms with van der Waals surface area (Å²) in [4.78, 5) is 0. The molecule has 0 radical (unpaired) electrons. The molecule has 60 valence electrons. The van der Waals surface area contributed by atoms with Crippen molar-refractivity contribution in [1.82, 2.24) is 0 Å². The SMILES string of the molecule is CCCCCCCOP=O. The van der Waals surface area contributed by atoms with Crippen LogP contribution in [0.4, 0.5) is 0 Å². The summed E-state index contributed by atoms with van der Waals surface area (Å²) >= 11 is 0. The molecule has 0 spiro atoms. The zero-order chi connectivity index (χ0) is 7.66. The van der Waals surface area contributed by atoms with Gasteiger partial charge in [0, 0.05) is 0 Å². The third-order valence-electron chi connectivity index (χ3n) is 1.39. The summed E-state index contributed by atoms with van der Waals surface area (Å²) < 4.78 is 14.4. The molecule has 0 saturated heterocycles. The van der Waals surface area contributed by atoms with E-state index in [1.807, 2.05) is 0 Å². The van der Waals surface area contributed by atoms with E-state index in [0.29, 0.717) is 6.61 Å². The van der Waals surface area contributed by atoms with Crippen LogP contribution in [0.3, 0.4) is 0 Å². The van der Waals surface area contributed by atoms with E-state index in [1.54, 1.807) is 0 Å². The first kappa shape index (κ1) is 10.1. The Morgan fingerprint density at radius 2 is 1.90 bits per heavy atom. The first-order chi connectivity index (χ1) is 4.91. The molecule has 0 N–H and O–H groups in total. The fourth-order valence-electron chi connectivity index (χ4n) is 0.807. The minimum Gasteiger partial charge on any atom is -0.294 e. The van der Waals surface area contributed by atoms with Crippen LogP contribution < -0.4 is 0 Å². The first-order valence-corrected chi connectivity index (χ1v) is 4.59. The number of hydrogen-bond acceptors (Lipinski definition) is 2. The molecule has 0 unspecified atom stereocenters. The summed E-state index contributed by atoms with van der Waals surface area (Å²) in [6.45, 7) is 2.82. The smallest absolute Gasteiger partial charge is 0.294 e. The van der Waals surface area contributed by atoms with E-state index in [0.717, 1.165) is 6.42 Å². The van der Waals surface area contributed by atoms with Crippen LogP contribution in [0.5, 0.6) is 0 Å². The van der Waals surface area contributed by atoms with E-state index in [4.69, 9.17) is 0 Å². The molecule has 0 aliphatic heterocycles. The van der Waals surface area contributed by atoms with Crippen molar-refractivity contribution in [2.24, 2.45) is 0 Å². The lowest BCUT2D eigenvalue weighted by Gasteiger charge is -1.95. The van der Waals surface area contributed by atoms with Crippen LogP contribution in [-0.4, -0.2) is 6.61 Å². The zero-order valence-corrected chi connectivity index (χ0v) is 7.40. The predicted octanol–water partition coefficient (Wildman–Crippen LogP) is 3.18. The Morgan fingerprint density at radius 3 is 2.50 bits per heavy atom. The molecule has 0 atom stereocenters. The van der Waals surface area contributed by atoms with Crippen molar-refractivity contribution >= 4 is 8.69 Å². The van der Waals surface area contributed by atoms with Crippen LogP contribution in [0.2, 0.25) is 0 Å². The van der Waals surface area contributed by atoms with Gasteiger partial charge in [-0.3, -0.25) is 4.52 Å². The van der Waals surface area contributed by atoms with Crippen LogP contribution in [0.1, 0.15) is 39.0 Å². The van der Waals surface area contributed by atoms with E-state index in [1.165, 1.54) is 25.7 Å². The van der Waals surface area contributed by atoms with Gasteiger partial charge >= 0.3 is 8.69 Å². The maximum absolute atomic E-state index is 9.77. The lowest BCUT2D eigenvalue weighted by atomic mass is 10.2. The van der Waals surface area contributed by atoms with Gasteiger partial charge in [-0.15, -0.1) is 0 Å². The standard InChI is InChI=1S/C7H15O2P/c1-2-3-4-5-6-7-9-10-8/h2-7H2,1H3. The summed E-state index contributed by atoms with van der Waals surface area (Å²) in [5, 5.41) is 0. The monoisotopic (exact) mass is 162 g/mol. The second kappa shape index (κ2) is 9.06. The molecule has 0 fully saturated rings. The lowest BCUT2D eigenvalue weighted by Crippen LogP contribution is -1.84. The Labute approximate surface area is 64.2 Å². The lowest BCUT2D eigenvalue weighted by molar-refractivity contribution is 0.328. The molecule has 0 aromatic carbocycles. The zero-order valence-electron chi connectivity index (χ0n) is 6.51. The Hall–Kier alpha value is 0.0600. The molecular formula is C7H15O2P. The predicted molar refractivity (Wildman–Crippen MR) is 42.3 cm³/mol. The topological polar surface area (TPSA) is 26.3 Å². The molecule has 0 amide bonds. The molecule has 0 aliphatic rings. The summed E-state index contributed by atoms with van der Waals surface area (Å²) in [6.07, 6.45) is 6.07. The second-order valence-electron chi connectivity index (χ2n) is 2.32. The maximum Gasteiger partial charge on any atom is 0.327 e. The molecule has 0 bridgehead atoms. The van der Waals surface area contributed by atoms with E-state index < -0.39 is 0 Å². The van der Waals surface area contributed by atoms with Crippen molar-refractivity contribution in [3.8, 4) is 0 Å².